The molecule has 0 unspecified atom stereocenters. The highest BCUT2D eigenvalue weighted by Gasteiger charge is 2.17. The van der Waals surface area contributed by atoms with E-state index in [2.05, 4.69) is 25.7 Å². The maximum Gasteiger partial charge on any atom is 0.321 e. The first-order valence-corrected chi connectivity index (χ1v) is 8.23. The van der Waals surface area contributed by atoms with Crippen LogP contribution in [-0.4, -0.2) is 50.1 Å². The number of aryl methyl sites for hydroxylation is 2. The van der Waals surface area contributed by atoms with E-state index >= 15 is 0 Å². The number of esters is 1. The van der Waals surface area contributed by atoms with Crippen LogP contribution in [-0.2, 0) is 20.7 Å². The molecule has 2 aromatic heterocycles. The Labute approximate surface area is 150 Å². The van der Waals surface area contributed by atoms with Gasteiger partial charge in [0, 0.05) is 23.0 Å². The van der Waals surface area contributed by atoms with Gasteiger partial charge in [0.1, 0.15) is 6.33 Å². The number of nitrogens with zero attached hydrogens (tertiary/aromatic N) is 4. The summed E-state index contributed by atoms with van der Waals surface area (Å²) in [6.07, 6.45) is 2.05. The fourth-order valence-corrected chi connectivity index (χ4v) is 2.28. The van der Waals surface area contributed by atoms with Crippen molar-refractivity contribution >= 4 is 23.7 Å². The third-order valence-corrected chi connectivity index (χ3v) is 3.92. The van der Waals surface area contributed by atoms with Crippen molar-refractivity contribution < 1.29 is 19.1 Å². The normalized spacial score (nSPS) is 11.8. The van der Waals surface area contributed by atoms with Crippen LogP contribution in [0.3, 0.4) is 0 Å². The van der Waals surface area contributed by atoms with Gasteiger partial charge in [0.25, 0.3) is 11.7 Å². The summed E-state index contributed by atoms with van der Waals surface area (Å²) >= 11 is 0. The first kappa shape index (κ1) is 19.3. The van der Waals surface area contributed by atoms with Crippen LogP contribution >= 0.6 is 0 Å². The number of urea groups is 1. The Balaban J connectivity index is 1.89. The molecule has 0 bridgehead atoms. The van der Waals surface area contributed by atoms with Crippen molar-refractivity contribution in [2.45, 2.75) is 46.6 Å². The third-order valence-electron chi connectivity index (χ3n) is 3.92. The Morgan fingerprint density at radius 2 is 2.04 bits per heavy atom. The number of fused-ring (bicyclic) bond motifs is 1. The van der Waals surface area contributed by atoms with E-state index < -0.39 is 24.5 Å². The minimum atomic E-state index is -0.697. The Hall–Kier alpha value is -3.04. The second-order valence-electron chi connectivity index (χ2n) is 5.90. The molecule has 140 valence electrons. The summed E-state index contributed by atoms with van der Waals surface area (Å²) in [5.74, 6) is -0.851. The Morgan fingerprint density at radius 3 is 2.73 bits per heavy atom. The smallest absolute Gasteiger partial charge is 0.321 e. The van der Waals surface area contributed by atoms with E-state index in [9.17, 15) is 14.4 Å². The Bertz CT molecular complexity index is 831. The molecule has 0 saturated heterocycles. The quantitative estimate of drug-likeness (QED) is 0.714. The minimum Gasteiger partial charge on any atom is -0.455 e. The number of nitrogens with one attached hydrogen (secondary N) is 2. The largest absolute Gasteiger partial charge is 0.455 e. The first-order chi connectivity index (χ1) is 12.3. The van der Waals surface area contributed by atoms with Gasteiger partial charge in [-0.15, -0.1) is 0 Å². The van der Waals surface area contributed by atoms with E-state index in [-0.39, 0.29) is 12.5 Å². The molecule has 2 aromatic rings. The summed E-state index contributed by atoms with van der Waals surface area (Å²) in [7, 11) is 0. The lowest BCUT2D eigenvalue weighted by atomic mass is 10.1. The monoisotopic (exact) mass is 362 g/mol. The SMILES string of the molecule is CC[C@H](C)NC(=O)NC(=O)COC(=O)Cc1c(C)nc2ncnn2c1C. The van der Waals surface area contributed by atoms with Crippen LogP contribution in [0, 0.1) is 13.8 Å². The van der Waals surface area contributed by atoms with Crippen LogP contribution < -0.4 is 10.6 Å². The van der Waals surface area contributed by atoms with Crippen molar-refractivity contribution in [2.75, 3.05) is 6.61 Å². The number of aromatic nitrogens is 4. The summed E-state index contributed by atoms with van der Waals surface area (Å²) in [4.78, 5) is 43.5. The standard InChI is InChI=1S/C16H22N6O4/c1-5-9(2)19-16(25)21-13(23)7-26-14(24)6-12-10(3)20-15-17-8-18-22(15)11(12)4/h8-9H,5-7H2,1-4H3,(H2,19,21,23,25)/t9-/m0/s1. The van der Waals surface area contributed by atoms with E-state index in [1.54, 1.807) is 13.8 Å². The highest BCUT2D eigenvalue weighted by Crippen LogP contribution is 2.14. The van der Waals surface area contributed by atoms with Gasteiger partial charge in [-0.25, -0.2) is 14.3 Å². The second kappa shape index (κ2) is 8.37. The average molecular weight is 362 g/mol. The van der Waals surface area contributed by atoms with Crippen LogP contribution in [0.1, 0.15) is 37.2 Å². The number of amides is 3. The molecule has 26 heavy (non-hydrogen) atoms. The van der Waals surface area contributed by atoms with Crippen molar-refractivity contribution in [3.63, 3.8) is 0 Å². The van der Waals surface area contributed by atoms with Crippen molar-refractivity contribution in [3.05, 3.63) is 23.3 Å². The predicted octanol–water partition coefficient (Wildman–Crippen LogP) is 0.451. The van der Waals surface area contributed by atoms with Gasteiger partial charge in [-0.1, -0.05) is 6.92 Å². The Kier molecular flexibility index (Phi) is 6.21. The summed E-state index contributed by atoms with van der Waals surface area (Å²) in [5, 5.41) is 8.74. The molecule has 0 aliphatic rings. The van der Waals surface area contributed by atoms with Crippen molar-refractivity contribution in [1.29, 1.82) is 0 Å². The lowest BCUT2D eigenvalue weighted by Gasteiger charge is -2.12. The van der Waals surface area contributed by atoms with E-state index in [4.69, 9.17) is 4.74 Å². The highest BCUT2D eigenvalue weighted by atomic mass is 16.5. The molecule has 0 radical (unpaired) electrons. The van der Waals surface area contributed by atoms with Gasteiger partial charge in [0.05, 0.1) is 6.42 Å². The molecule has 0 spiro atoms. The van der Waals surface area contributed by atoms with Gasteiger partial charge in [-0.3, -0.25) is 14.9 Å². The highest BCUT2D eigenvalue weighted by molar-refractivity contribution is 5.95. The minimum absolute atomic E-state index is 0.0597. The van der Waals surface area contributed by atoms with E-state index in [1.165, 1.54) is 10.8 Å². The molecule has 2 N–H and O–H groups in total. The van der Waals surface area contributed by atoms with Gasteiger partial charge in [-0.05, 0) is 27.2 Å². The second-order valence-corrected chi connectivity index (χ2v) is 5.90. The lowest BCUT2D eigenvalue weighted by molar-refractivity contribution is -0.147. The zero-order valence-electron chi connectivity index (χ0n) is 15.2. The molecule has 10 heteroatoms. The molecule has 10 nitrogen and oxygen atoms in total. The molecule has 0 saturated carbocycles. The summed E-state index contributed by atoms with van der Waals surface area (Å²) in [6.45, 7) is 6.74. The zero-order chi connectivity index (χ0) is 19.3. The predicted molar refractivity (Wildman–Crippen MR) is 91.3 cm³/mol. The summed E-state index contributed by atoms with van der Waals surface area (Å²) in [6, 6.07) is -0.677. The third kappa shape index (κ3) is 4.74. The number of carbonyl (C=O) groups is 3. The van der Waals surface area contributed by atoms with Gasteiger partial charge >= 0.3 is 12.0 Å². The number of ether oxygens (including phenoxy) is 1. The molecule has 3 amide bonds. The van der Waals surface area contributed by atoms with Crippen LogP contribution in [0.25, 0.3) is 5.78 Å². The van der Waals surface area contributed by atoms with E-state index in [0.29, 0.717) is 17.0 Å². The number of hydrogen-bond acceptors (Lipinski definition) is 7. The Morgan fingerprint density at radius 1 is 1.31 bits per heavy atom. The topological polar surface area (TPSA) is 128 Å². The number of carbonyl (C=O) groups excluding carboxylic acids is 3. The fourth-order valence-electron chi connectivity index (χ4n) is 2.28. The molecule has 0 aromatic carbocycles. The average Bonchev–Trinajstić information content (AvgIpc) is 3.04. The van der Waals surface area contributed by atoms with Gasteiger partial charge in [0.15, 0.2) is 6.61 Å². The van der Waals surface area contributed by atoms with E-state index in [0.717, 1.165) is 12.1 Å². The maximum absolute atomic E-state index is 12.0. The molecular formula is C16H22N6O4. The van der Waals surface area contributed by atoms with Crippen LogP contribution in [0.5, 0.6) is 0 Å². The molecule has 0 aliphatic carbocycles. The molecule has 0 fully saturated rings. The number of rotatable bonds is 6. The number of imide groups is 1. The van der Waals surface area contributed by atoms with Crippen molar-refractivity contribution in [2.24, 2.45) is 0 Å². The number of hydrogen-bond donors (Lipinski definition) is 2. The van der Waals surface area contributed by atoms with Crippen molar-refractivity contribution in [3.8, 4) is 0 Å². The summed E-state index contributed by atoms with van der Waals surface area (Å²) < 4.78 is 6.47. The van der Waals surface area contributed by atoms with Crippen molar-refractivity contribution in [1.82, 2.24) is 30.2 Å². The van der Waals surface area contributed by atoms with Gasteiger partial charge in [-0.2, -0.15) is 10.1 Å². The van der Waals surface area contributed by atoms with Gasteiger partial charge < -0.3 is 10.1 Å². The molecular weight excluding hydrogens is 340 g/mol. The molecule has 0 aliphatic heterocycles. The fraction of sp³-hybridized carbons (Fsp3) is 0.500. The van der Waals surface area contributed by atoms with Gasteiger partial charge in [0.2, 0.25) is 0 Å². The maximum atomic E-state index is 12.0. The van der Waals surface area contributed by atoms with Crippen LogP contribution in [0.4, 0.5) is 4.79 Å². The first-order valence-electron chi connectivity index (χ1n) is 8.23. The molecule has 2 heterocycles. The van der Waals surface area contributed by atoms with E-state index in [1.807, 2.05) is 13.8 Å². The lowest BCUT2D eigenvalue weighted by Crippen LogP contribution is -2.44. The molecule has 1 atom stereocenters. The summed E-state index contributed by atoms with van der Waals surface area (Å²) in [5.41, 5.74) is 2.01. The van der Waals surface area contributed by atoms with Crippen LogP contribution in [0.15, 0.2) is 6.33 Å². The molecule has 2 rings (SSSR count). The zero-order valence-corrected chi connectivity index (χ0v) is 15.2. The van der Waals surface area contributed by atoms with Crippen LogP contribution in [0.2, 0.25) is 0 Å².